The normalized spacial score (nSPS) is 13.1. The van der Waals surface area contributed by atoms with Gasteiger partial charge in [-0.05, 0) is 18.2 Å². The molecule has 2 aromatic rings. The van der Waals surface area contributed by atoms with Gasteiger partial charge in [0, 0.05) is 12.4 Å². The Morgan fingerprint density at radius 2 is 2.30 bits per heavy atom. The van der Waals surface area contributed by atoms with Crippen molar-refractivity contribution in [1.82, 2.24) is 10.3 Å². The molecular formula is C14H17ClN4O4. The van der Waals surface area contributed by atoms with E-state index in [1.165, 1.54) is 7.05 Å². The minimum atomic E-state index is -1.00. The summed E-state index contributed by atoms with van der Waals surface area (Å²) < 4.78 is 5.44. The Balaban J connectivity index is 2.33. The number of rotatable bonds is 5. The molecule has 1 atom stereocenters. The Hall–Kier alpha value is -2.29. The van der Waals surface area contributed by atoms with Gasteiger partial charge in [0.25, 0.3) is 5.91 Å². The number of aliphatic hydroxyl groups is 2. The number of halogens is 1. The number of carbonyl (C=O) groups excluding carboxylic acids is 1. The molecular weight excluding hydrogens is 324 g/mol. The van der Waals surface area contributed by atoms with Crippen LogP contribution in [0.4, 0.5) is 0 Å². The summed E-state index contributed by atoms with van der Waals surface area (Å²) in [4.78, 5) is 18.6. The quantitative estimate of drug-likeness (QED) is 0.392. The van der Waals surface area contributed by atoms with Crippen molar-refractivity contribution in [2.45, 2.75) is 6.10 Å². The molecule has 0 saturated heterocycles. The van der Waals surface area contributed by atoms with E-state index >= 15 is 0 Å². The van der Waals surface area contributed by atoms with Crippen LogP contribution >= 0.6 is 11.6 Å². The molecule has 0 aliphatic heterocycles. The molecule has 0 radical (unpaired) electrons. The highest BCUT2D eigenvalue weighted by Gasteiger charge is 2.16. The number of nitrogens with one attached hydrogen (secondary N) is 2. The first kappa shape index (κ1) is 17.1. The number of H-pyrrole nitrogens is 1. The van der Waals surface area contributed by atoms with Crippen molar-refractivity contribution in [3.8, 4) is 5.75 Å². The lowest BCUT2D eigenvalue weighted by Crippen LogP contribution is -2.36. The van der Waals surface area contributed by atoms with Gasteiger partial charge in [-0.3, -0.25) is 15.1 Å². The molecule has 1 amide bonds. The number of benzene rings is 1. The third-order valence-electron chi connectivity index (χ3n) is 3.07. The second-order valence-electron chi connectivity index (χ2n) is 4.73. The minimum Gasteiger partial charge on any atom is -0.489 e. The number of amides is 1. The van der Waals surface area contributed by atoms with Crippen LogP contribution in [-0.2, 0) is 0 Å². The van der Waals surface area contributed by atoms with Crippen LogP contribution < -0.4 is 15.8 Å². The molecule has 0 spiro atoms. The maximum absolute atomic E-state index is 12.1. The fourth-order valence-electron chi connectivity index (χ4n) is 1.88. The number of fused-ring (bicyclic) bond motifs is 1. The van der Waals surface area contributed by atoms with Crippen molar-refractivity contribution in [1.29, 1.82) is 0 Å². The number of carbonyl (C=O) groups is 1. The summed E-state index contributed by atoms with van der Waals surface area (Å²) in [6.07, 6.45) is -1.00. The Labute approximate surface area is 136 Å². The number of hydrogen-bond donors (Lipinski definition) is 5. The smallest absolute Gasteiger partial charge is 0.274 e. The highest BCUT2D eigenvalue weighted by Crippen LogP contribution is 2.32. The van der Waals surface area contributed by atoms with Gasteiger partial charge in [0.2, 0.25) is 0 Å². The zero-order valence-electron chi connectivity index (χ0n) is 12.3. The fourth-order valence-corrected chi connectivity index (χ4v) is 2.09. The van der Waals surface area contributed by atoms with Gasteiger partial charge in [-0.25, -0.2) is 0 Å². The monoisotopic (exact) mass is 340 g/mol. The van der Waals surface area contributed by atoms with Crippen LogP contribution in [-0.4, -0.2) is 53.4 Å². The van der Waals surface area contributed by atoms with Crippen LogP contribution in [0, 0.1) is 0 Å². The van der Waals surface area contributed by atoms with Gasteiger partial charge in [-0.2, -0.15) is 0 Å². The summed E-state index contributed by atoms with van der Waals surface area (Å²) in [6.45, 7) is -0.506. The van der Waals surface area contributed by atoms with E-state index < -0.39 is 18.6 Å². The maximum atomic E-state index is 12.1. The Morgan fingerprint density at radius 1 is 1.57 bits per heavy atom. The molecule has 1 aromatic carbocycles. The molecule has 2 rings (SSSR count). The second kappa shape index (κ2) is 7.32. The molecule has 0 aliphatic rings. The minimum absolute atomic E-state index is 0.0118. The van der Waals surface area contributed by atoms with Crippen molar-refractivity contribution < 1.29 is 19.7 Å². The van der Waals surface area contributed by atoms with Crippen molar-refractivity contribution in [2.24, 2.45) is 10.7 Å². The van der Waals surface area contributed by atoms with E-state index in [4.69, 9.17) is 27.2 Å². The van der Waals surface area contributed by atoms with Crippen molar-refractivity contribution in [2.75, 3.05) is 20.3 Å². The van der Waals surface area contributed by atoms with Crippen LogP contribution in [0.5, 0.6) is 5.75 Å². The molecule has 8 nitrogen and oxygen atoms in total. The lowest BCUT2D eigenvalue weighted by atomic mass is 10.2. The SMILES string of the molecule is CN=C(N)NC(=O)c1cc2c(Cl)ccc(OCC(O)CO)c2[nH]1. The second-order valence-corrected chi connectivity index (χ2v) is 5.13. The van der Waals surface area contributed by atoms with Gasteiger partial charge in [-0.1, -0.05) is 11.6 Å². The third-order valence-corrected chi connectivity index (χ3v) is 3.40. The van der Waals surface area contributed by atoms with E-state index in [1.54, 1.807) is 18.2 Å². The number of aliphatic imine (C=N–C) groups is 1. The number of guanidine groups is 1. The van der Waals surface area contributed by atoms with Crippen molar-refractivity contribution >= 4 is 34.4 Å². The molecule has 1 aromatic heterocycles. The summed E-state index contributed by atoms with van der Waals surface area (Å²) in [5.74, 6) is -0.0860. The van der Waals surface area contributed by atoms with E-state index in [0.29, 0.717) is 21.7 Å². The van der Waals surface area contributed by atoms with E-state index in [1.807, 2.05) is 0 Å². The first-order valence-electron chi connectivity index (χ1n) is 6.72. The number of nitrogens with two attached hydrogens (primary N) is 1. The zero-order chi connectivity index (χ0) is 17.0. The van der Waals surface area contributed by atoms with Gasteiger partial charge < -0.3 is 25.7 Å². The van der Waals surface area contributed by atoms with Gasteiger partial charge in [0.1, 0.15) is 24.2 Å². The largest absolute Gasteiger partial charge is 0.489 e. The Morgan fingerprint density at radius 3 is 2.96 bits per heavy atom. The lowest BCUT2D eigenvalue weighted by Gasteiger charge is -2.11. The lowest BCUT2D eigenvalue weighted by molar-refractivity contribution is 0.0540. The van der Waals surface area contributed by atoms with Crippen LogP contribution in [0.1, 0.15) is 10.5 Å². The molecule has 1 unspecified atom stereocenters. The number of aliphatic hydroxyl groups excluding tert-OH is 2. The summed E-state index contributed by atoms with van der Waals surface area (Å²) in [5.41, 5.74) is 6.19. The molecule has 23 heavy (non-hydrogen) atoms. The summed E-state index contributed by atoms with van der Waals surface area (Å²) in [5, 5.41) is 21.6. The van der Waals surface area contributed by atoms with E-state index in [-0.39, 0.29) is 18.3 Å². The van der Waals surface area contributed by atoms with Gasteiger partial charge in [0.15, 0.2) is 5.96 Å². The first-order valence-corrected chi connectivity index (χ1v) is 7.10. The van der Waals surface area contributed by atoms with Gasteiger partial charge >= 0.3 is 0 Å². The number of hydrogen-bond acceptors (Lipinski definition) is 5. The van der Waals surface area contributed by atoms with Crippen molar-refractivity contribution in [3.63, 3.8) is 0 Å². The molecule has 9 heteroatoms. The number of aromatic amines is 1. The maximum Gasteiger partial charge on any atom is 0.274 e. The average molecular weight is 341 g/mol. The molecule has 124 valence electrons. The molecule has 0 aliphatic carbocycles. The Kier molecular flexibility index (Phi) is 5.43. The van der Waals surface area contributed by atoms with Crippen LogP contribution in [0.15, 0.2) is 23.2 Å². The number of aromatic nitrogens is 1. The molecule has 0 fully saturated rings. The van der Waals surface area contributed by atoms with Crippen LogP contribution in [0.2, 0.25) is 5.02 Å². The van der Waals surface area contributed by atoms with Gasteiger partial charge in [-0.15, -0.1) is 0 Å². The third kappa shape index (κ3) is 3.92. The zero-order valence-corrected chi connectivity index (χ0v) is 13.1. The Bertz CT molecular complexity index is 744. The van der Waals surface area contributed by atoms with Crippen molar-refractivity contribution in [3.05, 3.63) is 28.9 Å². The average Bonchev–Trinajstić information content (AvgIpc) is 3.00. The topological polar surface area (TPSA) is 133 Å². The van der Waals surface area contributed by atoms with E-state index in [2.05, 4.69) is 15.3 Å². The summed E-state index contributed by atoms with van der Waals surface area (Å²) in [7, 11) is 1.45. The van der Waals surface area contributed by atoms with Gasteiger partial charge in [0.05, 0.1) is 17.1 Å². The highest BCUT2D eigenvalue weighted by atomic mass is 35.5. The van der Waals surface area contributed by atoms with E-state index in [9.17, 15) is 9.90 Å². The fraction of sp³-hybridized carbons (Fsp3) is 0.286. The number of nitrogens with zero attached hydrogens (tertiary/aromatic N) is 1. The highest BCUT2D eigenvalue weighted by molar-refractivity contribution is 6.35. The molecule has 0 saturated carbocycles. The summed E-state index contributed by atoms with van der Waals surface area (Å²) >= 11 is 6.12. The van der Waals surface area contributed by atoms with Crippen LogP contribution in [0.25, 0.3) is 10.9 Å². The standard InChI is InChI=1S/C14H17ClN4O4/c1-17-14(16)19-13(22)10-4-8-9(15)2-3-11(12(8)18-10)23-6-7(21)5-20/h2-4,7,18,20-21H,5-6H2,1H3,(H3,16,17,19,22). The number of ether oxygens (including phenoxy) is 1. The molecule has 1 heterocycles. The predicted molar refractivity (Wildman–Crippen MR) is 86.9 cm³/mol. The molecule has 0 bridgehead atoms. The first-order chi connectivity index (χ1) is 11.0. The summed E-state index contributed by atoms with van der Waals surface area (Å²) in [6, 6.07) is 4.78. The van der Waals surface area contributed by atoms with E-state index in [0.717, 1.165) is 0 Å². The predicted octanol–water partition coefficient (Wildman–Crippen LogP) is 0.228. The molecule has 6 N–H and O–H groups in total. The van der Waals surface area contributed by atoms with Crippen LogP contribution in [0.3, 0.4) is 0 Å².